The van der Waals surface area contributed by atoms with Gasteiger partial charge in [-0.15, -0.1) is 0 Å². The minimum atomic E-state index is 0.140. The van der Waals surface area contributed by atoms with Gasteiger partial charge in [0.05, 0.1) is 17.4 Å². The van der Waals surface area contributed by atoms with E-state index in [4.69, 9.17) is 0 Å². The van der Waals surface area contributed by atoms with E-state index in [1.165, 1.54) is 11.1 Å². The average Bonchev–Trinajstić information content (AvgIpc) is 2.81. The molecule has 0 aliphatic carbocycles. The van der Waals surface area contributed by atoms with Gasteiger partial charge in [-0.1, -0.05) is 12.1 Å². The van der Waals surface area contributed by atoms with Crippen LogP contribution in [0.15, 0.2) is 36.7 Å². The topological polar surface area (TPSA) is 41.1 Å². The minimum Gasteiger partial charge on any atom is -0.315 e. The maximum absolute atomic E-state index is 4.68. The van der Waals surface area contributed by atoms with Crippen molar-refractivity contribution in [1.29, 1.82) is 0 Å². The third kappa shape index (κ3) is 3.51. The standard InChI is InChI=1S/C18H24N4/c1-14-4-6-16(20-12-14)18(17-7-5-15(2)13-21-17)22-10-3-8-19-9-11-22/h4-7,12-13,18-19H,3,8-11H2,1-2H3. The van der Waals surface area contributed by atoms with Crippen molar-refractivity contribution in [2.24, 2.45) is 0 Å². The minimum absolute atomic E-state index is 0.140. The lowest BCUT2D eigenvalue weighted by molar-refractivity contribution is 0.233. The molecule has 0 amide bonds. The Kier molecular flexibility index (Phi) is 4.80. The lowest BCUT2D eigenvalue weighted by Crippen LogP contribution is -2.34. The van der Waals surface area contributed by atoms with Gasteiger partial charge in [0.25, 0.3) is 0 Å². The van der Waals surface area contributed by atoms with Crippen molar-refractivity contribution >= 4 is 0 Å². The molecule has 4 heteroatoms. The molecule has 3 rings (SSSR count). The molecule has 0 radical (unpaired) electrons. The summed E-state index contributed by atoms with van der Waals surface area (Å²) in [5.41, 5.74) is 4.56. The number of aryl methyl sites for hydroxylation is 2. The monoisotopic (exact) mass is 296 g/mol. The Balaban J connectivity index is 1.96. The van der Waals surface area contributed by atoms with Crippen molar-refractivity contribution < 1.29 is 0 Å². The van der Waals surface area contributed by atoms with E-state index in [1.54, 1.807) is 0 Å². The van der Waals surface area contributed by atoms with Gasteiger partial charge in [0, 0.05) is 32.0 Å². The van der Waals surface area contributed by atoms with E-state index in [0.29, 0.717) is 0 Å². The summed E-state index contributed by atoms with van der Waals surface area (Å²) in [6, 6.07) is 8.69. The van der Waals surface area contributed by atoms with Crippen LogP contribution in [0, 0.1) is 13.8 Å². The molecule has 2 aromatic rings. The van der Waals surface area contributed by atoms with Crippen molar-refractivity contribution in [2.45, 2.75) is 26.3 Å². The van der Waals surface area contributed by atoms with E-state index in [0.717, 1.165) is 44.0 Å². The second-order valence-corrected chi connectivity index (χ2v) is 6.06. The van der Waals surface area contributed by atoms with E-state index in [9.17, 15) is 0 Å². The quantitative estimate of drug-likeness (QED) is 0.945. The zero-order chi connectivity index (χ0) is 15.4. The molecular formula is C18H24N4. The molecule has 2 aromatic heterocycles. The van der Waals surface area contributed by atoms with Gasteiger partial charge in [0.15, 0.2) is 0 Å². The maximum Gasteiger partial charge on any atom is 0.0950 e. The van der Waals surface area contributed by atoms with Gasteiger partial charge in [0.1, 0.15) is 0 Å². The predicted octanol–water partition coefficient (Wildman–Crippen LogP) is 2.48. The molecule has 1 N–H and O–H groups in total. The smallest absolute Gasteiger partial charge is 0.0950 e. The molecule has 3 heterocycles. The Bertz CT molecular complexity index is 538. The number of nitrogens with one attached hydrogen (secondary N) is 1. The van der Waals surface area contributed by atoms with Crippen molar-refractivity contribution in [3.05, 3.63) is 59.2 Å². The third-order valence-corrected chi connectivity index (χ3v) is 4.17. The molecule has 0 spiro atoms. The van der Waals surface area contributed by atoms with Crippen LogP contribution < -0.4 is 5.32 Å². The molecule has 0 aromatic carbocycles. The molecule has 0 bridgehead atoms. The molecule has 4 nitrogen and oxygen atoms in total. The second-order valence-electron chi connectivity index (χ2n) is 6.06. The van der Waals surface area contributed by atoms with E-state index in [2.05, 4.69) is 58.3 Å². The number of rotatable bonds is 3. The van der Waals surface area contributed by atoms with Crippen LogP contribution in [0.4, 0.5) is 0 Å². The maximum atomic E-state index is 4.68. The highest BCUT2D eigenvalue weighted by molar-refractivity contribution is 5.25. The molecule has 1 aliphatic heterocycles. The highest BCUT2D eigenvalue weighted by Crippen LogP contribution is 2.26. The third-order valence-electron chi connectivity index (χ3n) is 4.17. The number of hydrogen-bond acceptors (Lipinski definition) is 4. The number of hydrogen-bond donors (Lipinski definition) is 1. The normalized spacial score (nSPS) is 16.7. The van der Waals surface area contributed by atoms with Gasteiger partial charge < -0.3 is 5.32 Å². The molecule has 0 saturated carbocycles. The van der Waals surface area contributed by atoms with Crippen molar-refractivity contribution in [3.8, 4) is 0 Å². The average molecular weight is 296 g/mol. The molecule has 1 fully saturated rings. The fourth-order valence-corrected chi connectivity index (χ4v) is 2.93. The van der Waals surface area contributed by atoms with Crippen LogP contribution >= 0.6 is 0 Å². The van der Waals surface area contributed by atoms with Crippen LogP contribution in [0.3, 0.4) is 0 Å². The summed E-state index contributed by atoms with van der Waals surface area (Å²) < 4.78 is 0. The fourth-order valence-electron chi connectivity index (χ4n) is 2.93. The van der Waals surface area contributed by atoms with Gasteiger partial charge in [-0.05, 0) is 50.1 Å². The van der Waals surface area contributed by atoms with Crippen LogP contribution in [0.5, 0.6) is 0 Å². The molecule has 22 heavy (non-hydrogen) atoms. The Labute approximate surface area is 132 Å². The molecule has 0 atom stereocenters. The second kappa shape index (κ2) is 6.99. The number of pyridine rings is 2. The number of aromatic nitrogens is 2. The van der Waals surface area contributed by atoms with Crippen LogP contribution in [0.25, 0.3) is 0 Å². The highest BCUT2D eigenvalue weighted by Gasteiger charge is 2.25. The lowest BCUT2D eigenvalue weighted by Gasteiger charge is -2.29. The first kappa shape index (κ1) is 15.1. The van der Waals surface area contributed by atoms with Crippen LogP contribution in [0.2, 0.25) is 0 Å². The fraction of sp³-hybridized carbons (Fsp3) is 0.444. The Morgan fingerprint density at radius 3 is 2.09 bits per heavy atom. The summed E-state index contributed by atoms with van der Waals surface area (Å²) in [5, 5.41) is 3.47. The van der Waals surface area contributed by atoms with Gasteiger partial charge in [0.2, 0.25) is 0 Å². The zero-order valence-electron chi connectivity index (χ0n) is 13.4. The summed E-state index contributed by atoms with van der Waals surface area (Å²) >= 11 is 0. The van der Waals surface area contributed by atoms with Crippen LogP contribution in [-0.2, 0) is 0 Å². The molecule has 0 unspecified atom stereocenters. The Morgan fingerprint density at radius 2 is 1.55 bits per heavy atom. The van der Waals surface area contributed by atoms with E-state index in [-0.39, 0.29) is 6.04 Å². The van der Waals surface area contributed by atoms with Gasteiger partial charge in [-0.25, -0.2) is 0 Å². The van der Waals surface area contributed by atoms with Crippen LogP contribution in [0.1, 0.15) is 35.0 Å². The first-order chi connectivity index (χ1) is 10.7. The molecule has 1 aliphatic rings. The Morgan fingerprint density at radius 1 is 0.909 bits per heavy atom. The Hall–Kier alpha value is -1.78. The zero-order valence-corrected chi connectivity index (χ0v) is 13.4. The van der Waals surface area contributed by atoms with Gasteiger partial charge in [-0.3, -0.25) is 14.9 Å². The first-order valence-electron chi connectivity index (χ1n) is 8.04. The SMILES string of the molecule is Cc1ccc(C(c2ccc(C)cn2)N2CCCNCC2)nc1. The van der Waals surface area contributed by atoms with E-state index >= 15 is 0 Å². The van der Waals surface area contributed by atoms with Crippen molar-refractivity contribution in [1.82, 2.24) is 20.2 Å². The largest absolute Gasteiger partial charge is 0.315 e. The summed E-state index contributed by atoms with van der Waals surface area (Å²) in [4.78, 5) is 11.9. The van der Waals surface area contributed by atoms with E-state index in [1.807, 2.05) is 12.4 Å². The van der Waals surface area contributed by atoms with E-state index < -0.39 is 0 Å². The summed E-state index contributed by atoms with van der Waals surface area (Å²) in [5.74, 6) is 0. The summed E-state index contributed by atoms with van der Waals surface area (Å²) in [6.45, 7) is 8.36. The molecular weight excluding hydrogens is 272 g/mol. The van der Waals surface area contributed by atoms with Gasteiger partial charge >= 0.3 is 0 Å². The summed E-state index contributed by atoms with van der Waals surface area (Å²) in [7, 11) is 0. The molecule has 1 saturated heterocycles. The highest BCUT2D eigenvalue weighted by atomic mass is 15.2. The number of nitrogens with zero attached hydrogens (tertiary/aromatic N) is 3. The van der Waals surface area contributed by atoms with Crippen molar-refractivity contribution in [2.75, 3.05) is 26.2 Å². The first-order valence-corrected chi connectivity index (χ1v) is 8.04. The van der Waals surface area contributed by atoms with Gasteiger partial charge in [-0.2, -0.15) is 0 Å². The van der Waals surface area contributed by atoms with Crippen LogP contribution in [-0.4, -0.2) is 41.0 Å². The summed E-state index contributed by atoms with van der Waals surface area (Å²) in [6.07, 6.45) is 5.06. The van der Waals surface area contributed by atoms with Crippen molar-refractivity contribution in [3.63, 3.8) is 0 Å². The lowest BCUT2D eigenvalue weighted by atomic mass is 10.0. The predicted molar refractivity (Wildman–Crippen MR) is 88.9 cm³/mol. The molecule has 116 valence electrons.